The van der Waals surface area contributed by atoms with Crippen molar-refractivity contribution < 1.29 is 13.2 Å². The summed E-state index contributed by atoms with van der Waals surface area (Å²) in [7, 11) is -3.14. The number of nitrogens with one attached hydrogen (secondary N) is 2. The Bertz CT molecular complexity index is 589. The lowest BCUT2D eigenvalue weighted by atomic mass is 10.3. The summed E-state index contributed by atoms with van der Waals surface area (Å²) in [6.45, 7) is 1.11. The Kier molecular flexibility index (Phi) is 5.44. The molecule has 1 aliphatic rings. The molecule has 21 heavy (non-hydrogen) atoms. The van der Waals surface area contributed by atoms with Crippen LogP contribution in [0.5, 0.6) is 0 Å². The van der Waals surface area contributed by atoms with Crippen LogP contribution < -0.4 is 10.6 Å². The summed E-state index contributed by atoms with van der Waals surface area (Å²) in [6, 6.07) is 6.37. The molecule has 116 valence electrons. The van der Waals surface area contributed by atoms with E-state index in [1.807, 2.05) is 0 Å². The maximum absolute atomic E-state index is 11.8. The van der Waals surface area contributed by atoms with Crippen LogP contribution in [0.4, 0.5) is 10.5 Å². The fourth-order valence-electron chi connectivity index (χ4n) is 2.09. The van der Waals surface area contributed by atoms with Gasteiger partial charge in [0.15, 0.2) is 0 Å². The first kappa shape index (κ1) is 16.1. The van der Waals surface area contributed by atoms with E-state index in [1.165, 1.54) is 4.31 Å². The molecule has 1 fully saturated rings. The van der Waals surface area contributed by atoms with E-state index in [9.17, 15) is 13.2 Å². The Morgan fingerprint density at radius 2 is 1.95 bits per heavy atom. The van der Waals surface area contributed by atoms with Gasteiger partial charge in [-0.05, 0) is 37.1 Å². The fourth-order valence-corrected chi connectivity index (χ4v) is 3.82. The largest absolute Gasteiger partial charge is 0.337 e. The van der Waals surface area contributed by atoms with Gasteiger partial charge in [-0.3, -0.25) is 0 Å². The molecule has 0 bridgehead atoms. The molecular weight excluding hydrogens is 314 g/mol. The van der Waals surface area contributed by atoms with Gasteiger partial charge in [-0.2, -0.15) is 0 Å². The van der Waals surface area contributed by atoms with E-state index < -0.39 is 10.0 Å². The van der Waals surface area contributed by atoms with E-state index in [2.05, 4.69) is 10.6 Å². The highest BCUT2D eigenvalue weighted by Crippen LogP contribution is 2.13. The van der Waals surface area contributed by atoms with Gasteiger partial charge in [-0.15, -0.1) is 0 Å². The maximum Gasteiger partial charge on any atom is 0.319 e. The van der Waals surface area contributed by atoms with Crippen molar-refractivity contribution in [3.8, 4) is 0 Å². The number of benzene rings is 1. The molecule has 0 saturated carbocycles. The molecule has 6 nitrogen and oxygen atoms in total. The van der Waals surface area contributed by atoms with Gasteiger partial charge >= 0.3 is 6.03 Å². The van der Waals surface area contributed by atoms with Gasteiger partial charge in [0.1, 0.15) is 0 Å². The standard InChI is InChI=1S/C13H18ClN3O3S/c14-11-3-5-12(6-4-11)16-13(18)15-7-9-17-8-1-2-10-21(17,19)20/h3-6H,1-2,7-10H2,(H2,15,16,18). The summed E-state index contributed by atoms with van der Waals surface area (Å²) in [5, 5.41) is 5.89. The normalized spacial score (nSPS) is 18.1. The Morgan fingerprint density at radius 3 is 2.62 bits per heavy atom. The van der Waals surface area contributed by atoms with Crippen LogP contribution in [-0.2, 0) is 10.0 Å². The van der Waals surface area contributed by atoms with E-state index in [4.69, 9.17) is 11.6 Å². The molecule has 2 amide bonds. The monoisotopic (exact) mass is 331 g/mol. The van der Waals surface area contributed by atoms with Crippen molar-refractivity contribution in [3.05, 3.63) is 29.3 Å². The van der Waals surface area contributed by atoms with Gasteiger partial charge in [0.2, 0.25) is 10.0 Å². The third-order valence-electron chi connectivity index (χ3n) is 3.20. The smallest absolute Gasteiger partial charge is 0.319 e. The van der Waals surface area contributed by atoms with Crippen molar-refractivity contribution >= 4 is 33.3 Å². The van der Waals surface area contributed by atoms with E-state index in [-0.39, 0.29) is 18.3 Å². The number of nitrogens with zero attached hydrogens (tertiary/aromatic N) is 1. The molecule has 0 aromatic heterocycles. The lowest BCUT2D eigenvalue weighted by molar-refractivity contribution is 0.251. The minimum atomic E-state index is -3.14. The van der Waals surface area contributed by atoms with Crippen LogP contribution in [0.15, 0.2) is 24.3 Å². The quantitative estimate of drug-likeness (QED) is 0.884. The summed E-state index contributed by atoms with van der Waals surface area (Å²) in [5.74, 6) is 0.198. The van der Waals surface area contributed by atoms with Crippen LogP contribution in [0.2, 0.25) is 5.02 Å². The van der Waals surface area contributed by atoms with E-state index in [0.29, 0.717) is 30.2 Å². The number of sulfonamides is 1. The predicted molar refractivity (Wildman–Crippen MR) is 83.1 cm³/mol. The van der Waals surface area contributed by atoms with Crippen LogP contribution in [0.3, 0.4) is 0 Å². The number of hydrogen-bond acceptors (Lipinski definition) is 3. The van der Waals surface area contributed by atoms with Gasteiger partial charge in [-0.25, -0.2) is 17.5 Å². The first-order valence-corrected chi connectivity index (χ1v) is 8.74. The van der Waals surface area contributed by atoms with Gasteiger partial charge in [-0.1, -0.05) is 11.6 Å². The molecule has 1 aromatic rings. The highest BCUT2D eigenvalue weighted by atomic mass is 35.5. The zero-order valence-corrected chi connectivity index (χ0v) is 13.1. The molecule has 8 heteroatoms. The highest BCUT2D eigenvalue weighted by molar-refractivity contribution is 7.89. The van der Waals surface area contributed by atoms with Gasteiger partial charge in [0.25, 0.3) is 0 Å². The number of halogens is 1. The second-order valence-corrected chi connectivity index (χ2v) is 7.33. The second kappa shape index (κ2) is 7.11. The fraction of sp³-hybridized carbons (Fsp3) is 0.462. The molecule has 0 unspecified atom stereocenters. The molecule has 1 aromatic carbocycles. The molecule has 0 radical (unpaired) electrons. The van der Waals surface area contributed by atoms with E-state index >= 15 is 0 Å². The topological polar surface area (TPSA) is 78.5 Å². The molecule has 1 heterocycles. The summed E-state index contributed by atoms with van der Waals surface area (Å²) >= 11 is 5.75. The number of anilines is 1. The molecule has 2 N–H and O–H groups in total. The van der Waals surface area contributed by atoms with Crippen LogP contribution in [0, 0.1) is 0 Å². The Morgan fingerprint density at radius 1 is 1.24 bits per heavy atom. The van der Waals surface area contributed by atoms with Crippen LogP contribution in [0.1, 0.15) is 12.8 Å². The molecule has 0 spiro atoms. The molecule has 0 aliphatic carbocycles. The van der Waals surface area contributed by atoms with Crippen molar-refractivity contribution in [2.24, 2.45) is 0 Å². The summed E-state index contributed by atoms with van der Waals surface area (Å²) < 4.78 is 25.0. The Balaban J connectivity index is 1.75. The Hall–Kier alpha value is -1.31. The third kappa shape index (κ3) is 4.87. The van der Waals surface area contributed by atoms with Crippen molar-refractivity contribution in [1.29, 1.82) is 0 Å². The molecule has 0 atom stereocenters. The van der Waals surface area contributed by atoms with Crippen molar-refractivity contribution in [2.45, 2.75) is 12.8 Å². The first-order valence-electron chi connectivity index (χ1n) is 6.76. The minimum absolute atomic E-state index is 0.198. The third-order valence-corrected chi connectivity index (χ3v) is 5.41. The van der Waals surface area contributed by atoms with Crippen molar-refractivity contribution in [2.75, 3.05) is 30.7 Å². The molecule has 1 aliphatic heterocycles. The zero-order chi connectivity index (χ0) is 15.3. The van der Waals surface area contributed by atoms with Crippen LogP contribution >= 0.6 is 11.6 Å². The van der Waals surface area contributed by atoms with E-state index in [0.717, 1.165) is 6.42 Å². The number of rotatable bonds is 4. The average Bonchev–Trinajstić information content (AvgIpc) is 2.43. The number of hydrogen-bond donors (Lipinski definition) is 2. The summed E-state index contributed by atoms with van der Waals surface area (Å²) in [6.07, 6.45) is 1.58. The van der Waals surface area contributed by atoms with Gasteiger partial charge in [0.05, 0.1) is 5.75 Å². The number of urea groups is 1. The number of amides is 2. The second-order valence-electron chi connectivity index (χ2n) is 4.81. The van der Waals surface area contributed by atoms with E-state index in [1.54, 1.807) is 24.3 Å². The lowest BCUT2D eigenvalue weighted by Gasteiger charge is -2.26. The van der Waals surface area contributed by atoms with Crippen molar-refractivity contribution in [3.63, 3.8) is 0 Å². The Labute approximate surface area is 129 Å². The number of carbonyl (C=O) groups is 1. The average molecular weight is 332 g/mol. The van der Waals surface area contributed by atoms with Crippen LogP contribution in [0.25, 0.3) is 0 Å². The first-order chi connectivity index (χ1) is 9.97. The molecular formula is C13H18ClN3O3S. The minimum Gasteiger partial charge on any atom is -0.337 e. The molecule has 2 rings (SSSR count). The summed E-state index contributed by atoms with van der Waals surface area (Å²) in [4.78, 5) is 11.7. The predicted octanol–water partition coefficient (Wildman–Crippen LogP) is 1.89. The van der Waals surface area contributed by atoms with Crippen molar-refractivity contribution in [1.82, 2.24) is 9.62 Å². The van der Waals surface area contributed by atoms with Crippen LogP contribution in [-0.4, -0.2) is 44.1 Å². The van der Waals surface area contributed by atoms with Gasteiger partial charge < -0.3 is 10.6 Å². The summed E-state index contributed by atoms with van der Waals surface area (Å²) in [5.41, 5.74) is 0.627. The zero-order valence-electron chi connectivity index (χ0n) is 11.5. The molecule has 1 saturated heterocycles. The lowest BCUT2D eigenvalue weighted by Crippen LogP contribution is -2.43. The van der Waals surface area contributed by atoms with Gasteiger partial charge in [0, 0.05) is 30.3 Å². The maximum atomic E-state index is 11.8. The number of carbonyl (C=O) groups excluding carboxylic acids is 1. The SMILES string of the molecule is O=C(NCCN1CCCCS1(=O)=O)Nc1ccc(Cl)cc1. The highest BCUT2D eigenvalue weighted by Gasteiger charge is 2.25.